The number of esters is 1. The fraction of sp³-hybridized carbons (Fsp3) is 0.667. The number of Topliss-reactive ketones (excluding diaryl/α,β-unsaturated/α-hetero) is 1. The van der Waals surface area contributed by atoms with E-state index >= 15 is 4.39 Å². The minimum absolute atomic E-state index is 0.0203. The second kappa shape index (κ2) is 59.1. The fourth-order valence-electron chi connectivity index (χ4n) is 16.5. The summed E-state index contributed by atoms with van der Waals surface area (Å²) in [6.07, 6.45) is 8.29. The molecule has 746 valence electrons. The normalized spacial score (nSPS) is 21.2. The number of methoxy groups -OCH3 is 3. The number of aliphatic hydroxyl groups is 4. The maximum atomic E-state index is 15.8. The average molecular weight is 1900 g/mol. The number of ketones is 1. The number of hydrogen-bond acceptors (Lipinski definition) is 31. The molecule has 2 saturated heterocycles. The van der Waals surface area contributed by atoms with Gasteiger partial charge in [-0.25, -0.2) is 22.6 Å². The van der Waals surface area contributed by atoms with Crippen molar-refractivity contribution in [2.45, 2.75) is 217 Å². The lowest BCUT2D eigenvalue weighted by atomic mass is 9.80. The molecular weight excluding hydrogens is 1750 g/mol. The van der Waals surface area contributed by atoms with Crippen molar-refractivity contribution in [2.75, 3.05) is 178 Å². The highest BCUT2D eigenvalue weighted by molar-refractivity contribution is 7.91. The van der Waals surface area contributed by atoms with Crippen molar-refractivity contribution in [1.82, 2.24) is 25.4 Å². The number of halogens is 1. The zero-order valence-corrected chi connectivity index (χ0v) is 80.3. The lowest BCUT2D eigenvalue weighted by molar-refractivity contribution is -0.265. The van der Waals surface area contributed by atoms with Crippen molar-refractivity contribution in [1.29, 1.82) is 0 Å². The Bertz CT molecular complexity index is 4340. The molecule has 0 unspecified atom stereocenters. The van der Waals surface area contributed by atoms with E-state index < -0.39 is 147 Å². The van der Waals surface area contributed by atoms with E-state index in [1.54, 1.807) is 58.4 Å². The second-order valence-corrected chi connectivity index (χ2v) is 36.8. The quantitative estimate of drug-likeness (QED) is 0.00517. The predicted molar refractivity (Wildman–Crippen MR) is 495 cm³/mol. The molecule has 3 fully saturated rings. The molecule has 1 aliphatic carbocycles. The summed E-state index contributed by atoms with van der Waals surface area (Å²) in [6, 6.07) is 9.45. The number of benzene rings is 2. The number of likely N-dealkylation sites (tertiary alicyclic amines) is 1. The van der Waals surface area contributed by atoms with Gasteiger partial charge in [-0.3, -0.25) is 24.0 Å². The number of fused-ring (bicyclic) bond motifs is 1. The number of nitrogens with two attached hydrogens (primary N) is 2. The lowest BCUT2D eigenvalue weighted by Crippen LogP contribution is -2.61. The first kappa shape index (κ1) is 112. The number of carbonyl (C=O) groups excluding carboxylic acids is 6. The number of sulfone groups is 1. The van der Waals surface area contributed by atoms with Crippen LogP contribution in [0.3, 0.4) is 0 Å². The molecule has 3 aliphatic heterocycles. The fourth-order valence-corrected chi connectivity index (χ4v) is 17.7. The number of nitrogens with zero attached hydrogens (tertiary/aromatic N) is 4. The molecular formula is C96H147FN8O27S. The molecule has 15 atom stereocenters. The summed E-state index contributed by atoms with van der Waals surface area (Å²) in [4.78, 5) is 94.7. The number of nitrogen functional groups attached to an aromatic ring is 1. The SMILES string of the molecule is C=C/C=C/C=C(\C)[C@H](C[C@@H]1CC[C@@H](C)[C@](O)(C(=O)C(=O)N2CCCC[C@H]2C(=O)O[C@@H](C[C@@H](O)[C@H](C)/C=C(\C)[C@@H](O)[C@@H](OC)/C(=N/OCC(=O)NCCOCCOCCOCCOCCOCCOCCOCCOCCC(=O)NCCS(=O)(=O)c2ccc(C(=O)N3CCOc4ccc(-c5ccc(N)nc5)cc4C3)c(C)c2F)[C@H](C)CC(C)C)[C@H](N)C[C@@H]2CC[C@@H](O)[C@H](OC)C2)O1)OC. The van der Waals surface area contributed by atoms with Gasteiger partial charge in [0.1, 0.15) is 53.2 Å². The van der Waals surface area contributed by atoms with Crippen LogP contribution in [0.2, 0.25) is 0 Å². The van der Waals surface area contributed by atoms with Crippen molar-refractivity contribution in [3.8, 4) is 16.9 Å². The molecule has 4 aliphatic rings. The summed E-state index contributed by atoms with van der Waals surface area (Å²) in [6.45, 7) is 22.9. The largest absolute Gasteiger partial charge is 0.491 e. The van der Waals surface area contributed by atoms with Crippen molar-refractivity contribution in [2.24, 2.45) is 40.5 Å². The Morgan fingerprint density at radius 1 is 0.752 bits per heavy atom. The number of aromatic nitrogens is 1. The van der Waals surface area contributed by atoms with Crippen LogP contribution in [0.25, 0.3) is 11.1 Å². The number of nitrogens with one attached hydrogen (secondary N) is 2. The Kier molecular flexibility index (Phi) is 49.7. The summed E-state index contributed by atoms with van der Waals surface area (Å²) < 4.78 is 122. The van der Waals surface area contributed by atoms with Gasteiger partial charge in [-0.15, -0.1) is 0 Å². The molecule has 4 amide bonds. The summed E-state index contributed by atoms with van der Waals surface area (Å²) in [5, 5.41) is 56.5. The molecule has 133 heavy (non-hydrogen) atoms. The summed E-state index contributed by atoms with van der Waals surface area (Å²) in [5.41, 5.74) is 16.7. The number of anilines is 1. The molecule has 1 aromatic heterocycles. The molecule has 37 heteroatoms. The Morgan fingerprint density at radius 2 is 1.38 bits per heavy atom. The maximum Gasteiger partial charge on any atom is 0.329 e. The van der Waals surface area contributed by atoms with Gasteiger partial charge in [-0.1, -0.05) is 82.8 Å². The number of rotatable bonds is 61. The topological polar surface area (TPSA) is 464 Å². The number of aliphatic hydroxyl groups excluding tert-OH is 3. The number of allylic oxidation sites excluding steroid dienone is 4. The van der Waals surface area contributed by atoms with E-state index in [1.165, 1.54) is 32.1 Å². The van der Waals surface area contributed by atoms with Crippen LogP contribution in [0.15, 0.2) is 107 Å². The highest BCUT2D eigenvalue weighted by Gasteiger charge is 2.53. The van der Waals surface area contributed by atoms with Crippen LogP contribution in [0.5, 0.6) is 5.75 Å². The first-order valence-corrected chi connectivity index (χ1v) is 48.0. The van der Waals surface area contributed by atoms with Gasteiger partial charge in [-0.2, -0.15) is 0 Å². The van der Waals surface area contributed by atoms with Crippen LogP contribution >= 0.6 is 0 Å². The minimum atomic E-state index is -4.19. The van der Waals surface area contributed by atoms with Gasteiger partial charge in [0.15, 0.2) is 16.4 Å². The van der Waals surface area contributed by atoms with Crippen molar-refractivity contribution in [3.05, 3.63) is 119 Å². The van der Waals surface area contributed by atoms with E-state index in [0.29, 0.717) is 160 Å². The van der Waals surface area contributed by atoms with E-state index in [1.807, 2.05) is 64.1 Å². The monoisotopic (exact) mass is 1900 g/mol. The maximum absolute atomic E-state index is 15.8. The number of hydrogen-bond donors (Lipinski definition) is 8. The first-order valence-electron chi connectivity index (χ1n) is 46.4. The van der Waals surface area contributed by atoms with Gasteiger partial charge in [0, 0.05) is 113 Å². The van der Waals surface area contributed by atoms with E-state index in [2.05, 4.69) is 27.4 Å². The van der Waals surface area contributed by atoms with Gasteiger partial charge in [0.2, 0.25) is 11.7 Å². The predicted octanol–water partition coefficient (Wildman–Crippen LogP) is 7.46. The number of ether oxygens (including phenoxy) is 14. The average Bonchev–Trinajstić information content (AvgIpc) is 1.12. The molecule has 2 aromatic carbocycles. The van der Waals surface area contributed by atoms with E-state index in [9.17, 15) is 57.6 Å². The van der Waals surface area contributed by atoms with E-state index in [4.69, 9.17) is 82.6 Å². The zero-order valence-electron chi connectivity index (χ0n) is 79.4. The van der Waals surface area contributed by atoms with Crippen LogP contribution in [0.4, 0.5) is 10.2 Å². The van der Waals surface area contributed by atoms with Crippen molar-refractivity contribution < 1.29 is 133 Å². The summed E-state index contributed by atoms with van der Waals surface area (Å²) in [5.74, 6) is -9.14. The third-order valence-electron chi connectivity index (χ3n) is 24.2. The second-order valence-electron chi connectivity index (χ2n) is 34.7. The van der Waals surface area contributed by atoms with Gasteiger partial charge in [-0.05, 0) is 155 Å². The number of amides is 4. The highest BCUT2D eigenvalue weighted by atomic mass is 32.2. The smallest absolute Gasteiger partial charge is 0.329 e. The molecule has 0 radical (unpaired) electrons. The zero-order chi connectivity index (χ0) is 97.0. The van der Waals surface area contributed by atoms with Gasteiger partial charge >= 0.3 is 5.97 Å². The van der Waals surface area contributed by atoms with Crippen LogP contribution in [0, 0.1) is 42.3 Å². The van der Waals surface area contributed by atoms with E-state index in [-0.39, 0.29) is 121 Å². The molecule has 7 rings (SSSR count). The summed E-state index contributed by atoms with van der Waals surface area (Å²) >= 11 is 0. The Morgan fingerprint density at radius 3 is 1.99 bits per heavy atom. The molecule has 4 heterocycles. The molecule has 1 saturated carbocycles. The third-order valence-corrected chi connectivity index (χ3v) is 25.9. The number of pyridine rings is 1. The number of carbonyl (C=O) groups is 6. The number of piperidine rings is 1. The number of oxime groups is 1. The Hall–Kier alpha value is -8.16. The Labute approximate surface area is 783 Å². The third kappa shape index (κ3) is 36.7. The standard InChI is InChI=1S/C96H147FN8O27S/c1-13-14-15-18-64(4)81(118-10)58-74-24-20-68(8)96(115,132-74)92(111)94(113)105-33-17-16-19-77(105)95(114)131-82(76(98)55-70-21-26-78(106)83(56-70)119-11)59-79(107)65(5)54-67(7)90(110)91(120-12)89(66(6)53-63(2)3)103-130-62-87(109)100-31-36-122-39-41-124-43-45-126-47-49-128-51-50-127-48-46-125-44-42-123-40-38-121-35-30-86(108)101-32-52-133(116,117)84-28-25-75(69(9)88(84)97)93(112)104-34-37-129-80-27-22-71(57-73(80)61-104)72-23-29-85(99)102-60-72/h13-15,18,22-23,25,27-29,54,57,60,63,65-66,68,70,74,76-79,81-83,90-91,106-107,110,115H,1,16-17,19-21,24,26,30-53,55-56,58-59,61-62,98H2,2-12H3,(H2,99,102)(H,100,109)(H,101,108)/b15-14+,64-18+,67-54+,103-89+/t65-,66-,68-,70+,74+,76-,77+,78-,79-,81+,82+,83-,90-,91+,96-/m1/s1. The van der Waals surface area contributed by atoms with Gasteiger partial charge in [0.05, 0.1) is 154 Å². The van der Waals surface area contributed by atoms with Crippen LogP contribution < -0.4 is 26.8 Å². The minimum Gasteiger partial charge on any atom is -0.491 e. The highest BCUT2D eigenvalue weighted by Crippen LogP contribution is 2.39. The van der Waals surface area contributed by atoms with Crippen molar-refractivity contribution in [3.63, 3.8) is 0 Å². The first-order chi connectivity index (χ1) is 63.7. The molecule has 3 aromatic rings. The molecule has 0 spiro atoms. The van der Waals surface area contributed by atoms with E-state index in [0.717, 1.165) is 33.2 Å². The van der Waals surface area contributed by atoms with Crippen molar-refractivity contribution >= 4 is 56.7 Å². The summed E-state index contributed by atoms with van der Waals surface area (Å²) in [7, 11) is 0.327. The van der Waals surface area contributed by atoms with Crippen LogP contribution in [-0.2, 0) is 107 Å². The molecule has 0 bridgehead atoms. The Balaban J connectivity index is 0.712. The lowest BCUT2D eigenvalue weighted by Gasteiger charge is -2.42. The van der Waals surface area contributed by atoms with Gasteiger partial charge < -0.3 is 123 Å². The molecule has 35 nitrogen and oxygen atoms in total. The van der Waals surface area contributed by atoms with Crippen LogP contribution in [-0.4, -0.2) is 324 Å². The van der Waals surface area contributed by atoms with Crippen LogP contribution in [0.1, 0.15) is 153 Å². The molecule has 10 N–H and O–H groups in total. The van der Waals surface area contributed by atoms with Gasteiger partial charge in [0.25, 0.3) is 23.5 Å².